The van der Waals surface area contributed by atoms with Crippen LogP contribution in [0.4, 0.5) is 13.2 Å². The molecule has 5 heteroatoms. The van der Waals surface area contributed by atoms with E-state index in [9.17, 15) is 13.2 Å². The van der Waals surface area contributed by atoms with Crippen molar-refractivity contribution in [1.82, 2.24) is 4.98 Å². The molecule has 19 heavy (non-hydrogen) atoms. The summed E-state index contributed by atoms with van der Waals surface area (Å²) in [6.07, 6.45) is -4.68. The largest absolute Gasteiger partial charge is 0.490 e. The summed E-state index contributed by atoms with van der Waals surface area (Å²) in [4.78, 5) is 3.65. The molecule has 0 fully saturated rings. The van der Waals surface area contributed by atoms with E-state index in [0.29, 0.717) is 5.39 Å². The Morgan fingerprint density at radius 2 is 1.84 bits per heavy atom. The van der Waals surface area contributed by atoms with E-state index < -0.39 is 11.9 Å². The Hall–Kier alpha value is -1.78. The Kier molecular flexibility index (Phi) is 3.39. The van der Waals surface area contributed by atoms with Crippen molar-refractivity contribution in [2.45, 2.75) is 33.1 Å². The summed E-state index contributed by atoms with van der Waals surface area (Å²) in [5.41, 5.74) is 0.304. The van der Waals surface area contributed by atoms with Crippen LogP contribution in [0.15, 0.2) is 24.3 Å². The zero-order valence-electron chi connectivity index (χ0n) is 10.9. The van der Waals surface area contributed by atoms with E-state index in [1.807, 2.05) is 6.92 Å². The van der Waals surface area contributed by atoms with Crippen LogP contribution < -0.4 is 4.74 Å². The predicted octanol–water partition coefficient (Wildman–Crippen LogP) is 4.35. The van der Waals surface area contributed by atoms with Crippen molar-refractivity contribution in [3.63, 3.8) is 0 Å². The zero-order valence-corrected chi connectivity index (χ0v) is 10.9. The molecule has 2 nitrogen and oxygen atoms in total. The van der Waals surface area contributed by atoms with Crippen LogP contribution in [0.3, 0.4) is 0 Å². The number of rotatable bonds is 2. The van der Waals surface area contributed by atoms with Gasteiger partial charge >= 0.3 is 6.18 Å². The number of aryl methyl sites for hydroxylation is 1. The number of hydrogen-bond acceptors (Lipinski definition) is 2. The first-order valence-electron chi connectivity index (χ1n) is 5.92. The summed E-state index contributed by atoms with van der Waals surface area (Å²) in [5, 5.41) is 0.599. The van der Waals surface area contributed by atoms with Gasteiger partial charge in [0.1, 0.15) is 11.4 Å². The summed E-state index contributed by atoms with van der Waals surface area (Å²) >= 11 is 0. The standard InChI is InChI=1S/C14H14F3NO/c1-8(2)19-12-7-13(14(15,16)17)18-11-5-4-9(3)6-10(11)12/h4-8H,1-3H3. The Labute approximate surface area is 109 Å². The lowest BCUT2D eigenvalue weighted by Crippen LogP contribution is -2.11. The summed E-state index contributed by atoms with van der Waals surface area (Å²) in [7, 11) is 0. The molecule has 2 aromatic rings. The third-order valence-electron chi connectivity index (χ3n) is 2.58. The van der Waals surface area contributed by atoms with Crippen LogP contribution >= 0.6 is 0 Å². The molecule has 0 amide bonds. The molecule has 0 saturated carbocycles. The van der Waals surface area contributed by atoms with Crippen molar-refractivity contribution in [2.75, 3.05) is 0 Å². The van der Waals surface area contributed by atoms with Crippen LogP contribution in [0.5, 0.6) is 5.75 Å². The molecule has 0 N–H and O–H groups in total. The molecular formula is C14H14F3NO. The van der Waals surface area contributed by atoms with Crippen LogP contribution in [-0.2, 0) is 6.18 Å². The number of nitrogens with zero attached hydrogens (tertiary/aromatic N) is 1. The normalized spacial score (nSPS) is 12.2. The Balaban J connectivity index is 2.69. The lowest BCUT2D eigenvalue weighted by Gasteiger charge is -2.15. The summed E-state index contributed by atoms with van der Waals surface area (Å²) in [6, 6.07) is 6.05. The molecule has 0 bridgehead atoms. The molecule has 0 spiro atoms. The first-order chi connectivity index (χ1) is 8.77. The summed E-state index contributed by atoms with van der Waals surface area (Å²) in [6.45, 7) is 5.42. The number of pyridine rings is 1. The molecule has 1 heterocycles. The molecule has 0 unspecified atom stereocenters. The van der Waals surface area contributed by atoms with Crippen LogP contribution in [-0.4, -0.2) is 11.1 Å². The van der Waals surface area contributed by atoms with Gasteiger partial charge in [0.25, 0.3) is 0 Å². The molecule has 0 saturated heterocycles. The summed E-state index contributed by atoms with van der Waals surface area (Å²) in [5.74, 6) is 0.219. The number of halogens is 3. The molecule has 0 aliphatic heterocycles. The predicted molar refractivity (Wildman–Crippen MR) is 67.2 cm³/mol. The van der Waals surface area contributed by atoms with Crippen molar-refractivity contribution in [3.05, 3.63) is 35.5 Å². The molecule has 1 aromatic carbocycles. The number of fused-ring (bicyclic) bond motifs is 1. The monoisotopic (exact) mass is 269 g/mol. The minimum absolute atomic E-state index is 0.202. The number of ether oxygens (including phenoxy) is 1. The molecule has 2 rings (SSSR count). The number of hydrogen-bond donors (Lipinski definition) is 0. The number of benzene rings is 1. The topological polar surface area (TPSA) is 22.1 Å². The van der Waals surface area contributed by atoms with E-state index in [2.05, 4.69) is 4.98 Å². The maximum absolute atomic E-state index is 12.8. The van der Waals surface area contributed by atoms with Crippen molar-refractivity contribution in [1.29, 1.82) is 0 Å². The quantitative estimate of drug-likeness (QED) is 0.808. The molecule has 102 valence electrons. The highest BCUT2D eigenvalue weighted by Gasteiger charge is 2.33. The molecule has 0 aliphatic carbocycles. The van der Waals surface area contributed by atoms with Crippen molar-refractivity contribution < 1.29 is 17.9 Å². The molecule has 0 aliphatic rings. The van der Waals surface area contributed by atoms with E-state index in [4.69, 9.17) is 4.74 Å². The number of alkyl halides is 3. The molecule has 0 radical (unpaired) electrons. The van der Waals surface area contributed by atoms with Crippen molar-refractivity contribution >= 4 is 10.9 Å². The van der Waals surface area contributed by atoms with Crippen molar-refractivity contribution in [3.8, 4) is 5.75 Å². The van der Waals surface area contributed by atoms with Gasteiger partial charge in [0.05, 0.1) is 11.6 Å². The smallest absolute Gasteiger partial charge is 0.433 e. The van der Waals surface area contributed by atoms with Gasteiger partial charge in [-0.2, -0.15) is 13.2 Å². The zero-order chi connectivity index (χ0) is 14.2. The maximum Gasteiger partial charge on any atom is 0.433 e. The van der Waals surface area contributed by atoms with Gasteiger partial charge in [-0.3, -0.25) is 0 Å². The van der Waals surface area contributed by atoms with Gasteiger partial charge in [0.2, 0.25) is 0 Å². The van der Waals surface area contributed by atoms with Gasteiger partial charge in [-0.05, 0) is 32.9 Å². The van der Waals surface area contributed by atoms with E-state index in [1.54, 1.807) is 32.0 Å². The maximum atomic E-state index is 12.8. The highest BCUT2D eigenvalue weighted by molar-refractivity contribution is 5.86. The molecule has 1 aromatic heterocycles. The fourth-order valence-electron chi connectivity index (χ4n) is 1.81. The lowest BCUT2D eigenvalue weighted by atomic mass is 10.1. The van der Waals surface area contributed by atoms with Crippen LogP contribution in [0.1, 0.15) is 25.1 Å². The lowest BCUT2D eigenvalue weighted by molar-refractivity contribution is -0.141. The average Bonchev–Trinajstić information content (AvgIpc) is 2.27. The minimum Gasteiger partial charge on any atom is -0.490 e. The van der Waals surface area contributed by atoms with Crippen LogP contribution in [0.2, 0.25) is 0 Å². The first kappa shape index (κ1) is 13.6. The fraction of sp³-hybridized carbons (Fsp3) is 0.357. The molecular weight excluding hydrogens is 255 g/mol. The van der Waals surface area contributed by atoms with E-state index in [-0.39, 0.29) is 17.4 Å². The van der Waals surface area contributed by atoms with Gasteiger partial charge in [0.15, 0.2) is 0 Å². The Morgan fingerprint density at radius 1 is 1.16 bits per heavy atom. The van der Waals surface area contributed by atoms with E-state index >= 15 is 0 Å². The second-order valence-electron chi connectivity index (χ2n) is 4.69. The second-order valence-corrected chi connectivity index (χ2v) is 4.69. The van der Waals surface area contributed by atoms with E-state index in [1.165, 1.54) is 0 Å². The second kappa shape index (κ2) is 4.72. The minimum atomic E-state index is -4.48. The van der Waals surface area contributed by atoms with Gasteiger partial charge in [0, 0.05) is 11.5 Å². The van der Waals surface area contributed by atoms with Crippen LogP contribution in [0, 0.1) is 6.92 Å². The first-order valence-corrected chi connectivity index (χ1v) is 5.92. The van der Waals surface area contributed by atoms with Gasteiger partial charge in [-0.1, -0.05) is 11.6 Å². The van der Waals surface area contributed by atoms with E-state index in [0.717, 1.165) is 11.6 Å². The number of aromatic nitrogens is 1. The average molecular weight is 269 g/mol. The van der Waals surface area contributed by atoms with Crippen molar-refractivity contribution in [2.24, 2.45) is 0 Å². The third-order valence-corrected chi connectivity index (χ3v) is 2.58. The SMILES string of the molecule is Cc1ccc2nc(C(F)(F)F)cc(OC(C)C)c2c1. The highest BCUT2D eigenvalue weighted by Crippen LogP contribution is 2.34. The third kappa shape index (κ3) is 2.97. The Morgan fingerprint density at radius 3 is 2.42 bits per heavy atom. The summed E-state index contributed by atoms with van der Waals surface area (Å²) < 4.78 is 43.9. The Bertz CT molecular complexity index is 605. The fourth-order valence-corrected chi connectivity index (χ4v) is 1.81. The highest BCUT2D eigenvalue weighted by atomic mass is 19.4. The van der Waals surface area contributed by atoms with Gasteiger partial charge < -0.3 is 4.74 Å². The van der Waals surface area contributed by atoms with Crippen LogP contribution in [0.25, 0.3) is 10.9 Å². The van der Waals surface area contributed by atoms with Gasteiger partial charge in [-0.15, -0.1) is 0 Å². The molecule has 0 atom stereocenters. The van der Waals surface area contributed by atoms with Gasteiger partial charge in [-0.25, -0.2) is 4.98 Å².